The van der Waals surface area contributed by atoms with Crippen molar-refractivity contribution in [2.75, 3.05) is 46.6 Å². The standard InChI is InChI=1S/C14H21NO4/c1-17-14-10-12(11-16)2-3-13(14)19-9-6-15-4-7-18-8-5-15/h2-3,10,16H,4-9,11H2,1H3. The first kappa shape index (κ1) is 14.1. The van der Waals surface area contributed by atoms with Crippen LogP contribution in [0.5, 0.6) is 11.5 Å². The number of morpholine rings is 1. The zero-order valence-corrected chi connectivity index (χ0v) is 11.3. The average Bonchev–Trinajstić information content (AvgIpc) is 2.48. The van der Waals surface area contributed by atoms with Gasteiger partial charge in [0.05, 0.1) is 26.9 Å². The molecule has 0 bridgehead atoms. The second-order valence-corrected chi connectivity index (χ2v) is 4.45. The van der Waals surface area contributed by atoms with E-state index >= 15 is 0 Å². The van der Waals surface area contributed by atoms with E-state index in [4.69, 9.17) is 19.3 Å². The fraction of sp³-hybridized carbons (Fsp3) is 0.571. The van der Waals surface area contributed by atoms with Crippen LogP contribution in [0.1, 0.15) is 5.56 Å². The number of hydrogen-bond acceptors (Lipinski definition) is 5. The highest BCUT2D eigenvalue weighted by molar-refractivity contribution is 5.42. The van der Waals surface area contributed by atoms with Crippen LogP contribution in [0.25, 0.3) is 0 Å². The van der Waals surface area contributed by atoms with E-state index < -0.39 is 0 Å². The molecular formula is C14H21NO4. The Morgan fingerprint density at radius 3 is 2.74 bits per heavy atom. The first-order valence-corrected chi connectivity index (χ1v) is 6.54. The highest BCUT2D eigenvalue weighted by Crippen LogP contribution is 2.28. The van der Waals surface area contributed by atoms with Gasteiger partial charge >= 0.3 is 0 Å². The summed E-state index contributed by atoms with van der Waals surface area (Å²) in [6, 6.07) is 5.47. The minimum atomic E-state index is 0.00438. The van der Waals surface area contributed by atoms with Crippen molar-refractivity contribution < 1.29 is 19.3 Å². The quantitative estimate of drug-likeness (QED) is 0.830. The van der Waals surface area contributed by atoms with E-state index in [0.717, 1.165) is 38.4 Å². The molecule has 5 heteroatoms. The number of methoxy groups -OCH3 is 1. The number of aliphatic hydroxyl groups excluding tert-OH is 1. The summed E-state index contributed by atoms with van der Waals surface area (Å²) in [5.74, 6) is 1.38. The third-order valence-corrected chi connectivity index (χ3v) is 3.18. The number of aliphatic hydroxyl groups is 1. The highest BCUT2D eigenvalue weighted by atomic mass is 16.5. The van der Waals surface area contributed by atoms with Gasteiger partial charge < -0.3 is 19.3 Å². The lowest BCUT2D eigenvalue weighted by Gasteiger charge is -2.26. The number of ether oxygens (including phenoxy) is 3. The van der Waals surface area contributed by atoms with Crippen LogP contribution in [0.3, 0.4) is 0 Å². The first-order chi connectivity index (χ1) is 9.33. The van der Waals surface area contributed by atoms with E-state index in [0.29, 0.717) is 18.1 Å². The number of nitrogens with zero attached hydrogens (tertiary/aromatic N) is 1. The van der Waals surface area contributed by atoms with Crippen molar-refractivity contribution in [2.24, 2.45) is 0 Å². The summed E-state index contributed by atoms with van der Waals surface area (Å²) >= 11 is 0. The third-order valence-electron chi connectivity index (χ3n) is 3.18. The van der Waals surface area contributed by atoms with Gasteiger partial charge in [-0.2, -0.15) is 0 Å². The van der Waals surface area contributed by atoms with Crippen molar-refractivity contribution in [3.8, 4) is 11.5 Å². The van der Waals surface area contributed by atoms with E-state index in [1.807, 2.05) is 12.1 Å². The first-order valence-electron chi connectivity index (χ1n) is 6.54. The predicted octanol–water partition coefficient (Wildman–Crippen LogP) is 0.898. The Morgan fingerprint density at radius 1 is 1.26 bits per heavy atom. The normalized spacial score (nSPS) is 16.3. The van der Waals surface area contributed by atoms with Crippen LogP contribution >= 0.6 is 0 Å². The summed E-state index contributed by atoms with van der Waals surface area (Å²) < 4.78 is 16.3. The minimum absolute atomic E-state index is 0.00438. The lowest BCUT2D eigenvalue weighted by Crippen LogP contribution is -2.38. The van der Waals surface area contributed by atoms with Crippen molar-refractivity contribution in [1.82, 2.24) is 4.90 Å². The van der Waals surface area contributed by atoms with Gasteiger partial charge in [0.15, 0.2) is 11.5 Å². The lowest BCUT2D eigenvalue weighted by molar-refractivity contribution is 0.0321. The molecule has 1 N–H and O–H groups in total. The Morgan fingerprint density at radius 2 is 2.05 bits per heavy atom. The van der Waals surface area contributed by atoms with Crippen LogP contribution in [0.2, 0.25) is 0 Å². The van der Waals surface area contributed by atoms with Gasteiger partial charge in [-0.15, -0.1) is 0 Å². The third kappa shape index (κ3) is 4.09. The van der Waals surface area contributed by atoms with Gasteiger partial charge in [0.2, 0.25) is 0 Å². The average molecular weight is 267 g/mol. The zero-order valence-electron chi connectivity index (χ0n) is 11.3. The van der Waals surface area contributed by atoms with Crippen LogP contribution in [0, 0.1) is 0 Å². The summed E-state index contributed by atoms with van der Waals surface area (Å²) in [6.07, 6.45) is 0. The molecule has 1 aromatic carbocycles. The molecular weight excluding hydrogens is 246 g/mol. The number of benzene rings is 1. The number of rotatable bonds is 6. The Kier molecular flexibility index (Phi) is 5.44. The molecule has 1 aromatic rings. The maximum absolute atomic E-state index is 9.08. The van der Waals surface area contributed by atoms with Crippen LogP contribution < -0.4 is 9.47 Å². The Labute approximate surface area is 113 Å². The Hall–Kier alpha value is -1.30. The summed E-state index contributed by atoms with van der Waals surface area (Å²) in [7, 11) is 1.60. The molecule has 0 atom stereocenters. The molecule has 19 heavy (non-hydrogen) atoms. The van der Waals surface area contributed by atoms with Gasteiger partial charge in [-0.3, -0.25) is 4.90 Å². The topological polar surface area (TPSA) is 51.2 Å². The van der Waals surface area contributed by atoms with E-state index in [1.165, 1.54) is 0 Å². The molecule has 1 aliphatic heterocycles. The fourth-order valence-electron chi connectivity index (χ4n) is 2.04. The summed E-state index contributed by atoms with van der Waals surface area (Å²) in [5.41, 5.74) is 0.817. The molecule has 1 saturated heterocycles. The van der Waals surface area contributed by atoms with Crippen molar-refractivity contribution in [2.45, 2.75) is 6.61 Å². The van der Waals surface area contributed by atoms with E-state index in [2.05, 4.69) is 4.90 Å². The Bertz CT molecular complexity index is 391. The van der Waals surface area contributed by atoms with Crippen molar-refractivity contribution >= 4 is 0 Å². The summed E-state index contributed by atoms with van der Waals surface area (Å²) in [5, 5.41) is 9.08. The largest absolute Gasteiger partial charge is 0.493 e. The van der Waals surface area contributed by atoms with E-state index in [-0.39, 0.29) is 6.61 Å². The fourth-order valence-corrected chi connectivity index (χ4v) is 2.04. The van der Waals surface area contributed by atoms with Gasteiger partial charge in [0.1, 0.15) is 6.61 Å². The second-order valence-electron chi connectivity index (χ2n) is 4.45. The van der Waals surface area contributed by atoms with Crippen LogP contribution in [0.4, 0.5) is 0 Å². The second kappa shape index (κ2) is 7.33. The maximum atomic E-state index is 9.08. The van der Waals surface area contributed by atoms with Crippen LogP contribution in [-0.2, 0) is 11.3 Å². The monoisotopic (exact) mass is 267 g/mol. The SMILES string of the molecule is COc1cc(CO)ccc1OCCN1CCOCC1. The molecule has 0 aromatic heterocycles. The van der Waals surface area contributed by atoms with E-state index in [1.54, 1.807) is 13.2 Å². The van der Waals surface area contributed by atoms with Crippen molar-refractivity contribution in [1.29, 1.82) is 0 Å². The van der Waals surface area contributed by atoms with E-state index in [9.17, 15) is 0 Å². The summed E-state index contributed by atoms with van der Waals surface area (Å²) in [4.78, 5) is 2.32. The molecule has 0 unspecified atom stereocenters. The van der Waals surface area contributed by atoms with Gasteiger partial charge in [-0.05, 0) is 17.7 Å². The molecule has 1 heterocycles. The predicted molar refractivity (Wildman–Crippen MR) is 71.7 cm³/mol. The minimum Gasteiger partial charge on any atom is -0.493 e. The molecule has 2 rings (SSSR count). The maximum Gasteiger partial charge on any atom is 0.161 e. The number of hydrogen-bond donors (Lipinski definition) is 1. The Balaban J connectivity index is 1.84. The highest BCUT2D eigenvalue weighted by Gasteiger charge is 2.11. The molecule has 106 valence electrons. The van der Waals surface area contributed by atoms with Gasteiger partial charge in [-0.1, -0.05) is 6.07 Å². The smallest absolute Gasteiger partial charge is 0.161 e. The molecule has 0 spiro atoms. The molecule has 0 aliphatic carbocycles. The zero-order chi connectivity index (χ0) is 13.5. The van der Waals surface area contributed by atoms with Gasteiger partial charge in [0.25, 0.3) is 0 Å². The van der Waals surface area contributed by atoms with Gasteiger partial charge in [-0.25, -0.2) is 0 Å². The lowest BCUT2D eigenvalue weighted by atomic mass is 10.2. The molecule has 1 aliphatic rings. The van der Waals surface area contributed by atoms with Crippen molar-refractivity contribution in [3.05, 3.63) is 23.8 Å². The van der Waals surface area contributed by atoms with Crippen molar-refractivity contribution in [3.63, 3.8) is 0 Å². The van der Waals surface area contributed by atoms with Crippen LogP contribution in [-0.4, -0.2) is 56.6 Å². The molecule has 5 nitrogen and oxygen atoms in total. The summed E-state index contributed by atoms with van der Waals surface area (Å²) in [6.45, 7) is 5.03. The van der Waals surface area contributed by atoms with Crippen LogP contribution in [0.15, 0.2) is 18.2 Å². The molecule has 0 saturated carbocycles. The molecule has 0 amide bonds. The van der Waals surface area contributed by atoms with Gasteiger partial charge in [0, 0.05) is 19.6 Å². The molecule has 0 radical (unpaired) electrons. The molecule has 1 fully saturated rings.